The van der Waals surface area contributed by atoms with Gasteiger partial charge in [-0.2, -0.15) is 13.2 Å². The maximum atomic E-state index is 13.0. The molecule has 3 nitrogen and oxygen atoms in total. The second-order valence-electron chi connectivity index (χ2n) is 6.32. The molecule has 2 rings (SSSR count). The van der Waals surface area contributed by atoms with Gasteiger partial charge in [-0.3, -0.25) is 0 Å². The fourth-order valence-corrected chi connectivity index (χ4v) is 2.87. The minimum absolute atomic E-state index is 0.167. The first-order valence-electron chi connectivity index (χ1n) is 9.08. The first-order chi connectivity index (χ1) is 12.8. The average Bonchev–Trinajstić information content (AvgIpc) is 2.63. The molecular weight excluding hydrogens is 355 g/mol. The Bertz CT molecular complexity index is 742. The largest absolute Gasteiger partial charge is 0.416 e. The van der Waals surface area contributed by atoms with Crippen molar-refractivity contribution in [2.75, 3.05) is 6.54 Å². The van der Waals surface area contributed by atoms with Crippen molar-refractivity contribution in [1.29, 1.82) is 0 Å². The molecule has 6 heteroatoms. The third-order valence-corrected chi connectivity index (χ3v) is 4.32. The van der Waals surface area contributed by atoms with Crippen LogP contribution in [0.3, 0.4) is 0 Å². The van der Waals surface area contributed by atoms with Crippen LogP contribution in [0.2, 0.25) is 0 Å². The van der Waals surface area contributed by atoms with E-state index in [1.165, 1.54) is 12.1 Å². The van der Waals surface area contributed by atoms with E-state index in [-0.39, 0.29) is 5.92 Å². The predicted octanol–water partition coefficient (Wildman–Crippen LogP) is 6.14. The highest BCUT2D eigenvalue weighted by Crippen LogP contribution is 2.34. The van der Waals surface area contributed by atoms with E-state index in [0.29, 0.717) is 24.3 Å². The van der Waals surface area contributed by atoms with E-state index < -0.39 is 17.8 Å². The lowest BCUT2D eigenvalue weighted by Crippen LogP contribution is -2.27. The number of hydrogen-bond donors (Lipinski definition) is 1. The van der Waals surface area contributed by atoms with Gasteiger partial charge in [-0.15, -0.1) is 0 Å². The first-order valence-corrected chi connectivity index (χ1v) is 9.08. The summed E-state index contributed by atoms with van der Waals surface area (Å²) in [5.41, 5.74) is 0.830. The zero-order chi connectivity index (χ0) is 19.9. The molecular formula is C21H24F3NO2. The van der Waals surface area contributed by atoms with Gasteiger partial charge in [0.1, 0.15) is 5.75 Å². The molecule has 146 valence electrons. The molecule has 27 heavy (non-hydrogen) atoms. The number of amides is 1. The molecule has 0 fully saturated rings. The van der Waals surface area contributed by atoms with Crippen LogP contribution >= 0.6 is 0 Å². The molecule has 0 spiro atoms. The molecule has 0 aliphatic carbocycles. The van der Waals surface area contributed by atoms with Crippen molar-refractivity contribution in [3.8, 4) is 5.75 Å². The van der Waals surface area contributed by atoms with Crippen molar-refractivity contribution in [3.63, 3.8) is 0 Å². The molecule has 2 aromatic carbocycles. The van der Waals surface area contributed by atoms with Crippen molar-refractivity contribution in [3.05, 3.63) is 65.2 Å². The number of benzene rings is 2. The van der Waals surface area contributed by atoms with Gasteiger partial charge in [-0.05, 0) is 42.2 Å². The van der Waals surface area contributed by atoms with Gasteiger partial charge in [0.15, 0.2) is 0 Å². The topological polar surface area (TPSA) is 38.3 Å². The molecule has 0 radical (unpaired) electrons. The van der Waals surface area contributed by atoms with Crippen LogP contribution in [0, 0.1) is 0 Å². The monoisotopic (exact) mass is 379 g/mol. The Labute approximate surface area is 157 Å². The summed E-state index contributed by atoms with van der Waals surface area (Å²) in [5.74, 6) is 0.228. The minimum atomic E-state index is -4.36. The molecule has 0 heterocycles. The summed E-state index contributed by atoms with van der Waals surface area (Å²) in [6.45, 7) is 4.51. The number of unbranched alkanes of at least 4 members (excludes halogenated alkanes) is 1. The van der Waals surface area contributed by atoms with Gasteiger partial charge in [0.25, 0.3) is 0 Å². The van der Waals surface area contributed by atoms with E-state index in [1.54, 1.807) is 30.3 Å². The molecule has 1 amide bonds. The summed E-state index contributed by atoms with van der Waals surface area (Å²) >= 11 is 0. The number of hydrogen-bond acceptors (Lipinski definition) is 2. The maximum Gasteiger partial charge on any atom is 0.416 e. The van der Waals surface area contributed by atoms with Gasteiger partial charge in [0.05, 0.1) is 5.56 Å². The number of carbonyl (C=O) groups is 1. The van der Waals surface area contributed by atoms with Crippen LogP contribution in [0.1, 0.15) is 55.7 Å². The lowest BCUT2D eigenvalue weighted by molar-refractivity contribution is -0.137. The number of ether oxygens (including phenoxy) is 1. The van der Waals surface area contributed by atoms with E-state index in [4.69, 9.17) is 4.74 Å². The number of alkyl halides is 3. The summed E-state index contributed by atoms with van der Waals surface area (Å²) in [6.07, 6.45) is -2.37. The Morgan fingerprint density at radius 3 is 2.37 bits per heavy atom. The fraction of sp³-hybridized carbons (Fsp3) is 0.381. The van der Waals surface area contributed by atoms with Gasteiger partial charge in [-0.25, -0.2) is 4.79 Å². The summed E-state index contributed by atoms with van der Waals surface area (Å²) in [6, 6.07) is 12.3. The van der Waals surface area contributed by atoms with Crippen molar-refractivity contribution in [1.82, 2.24) is 5.32 Å². The lowest BCUT2D eigenvalue weighted by Gasteiger charge is -2.18. The Balaban J connectivity index is 2.11. The van der Waals surface area contributed by atoms with Crippen LogP contribution in [-0.2, 0) is 6.18 Å². The molecule has 1 unspecified atom stereocenters. The highest BCUT2D eigenvalue weighted by Gasteiger charge is 2.31. The third-order valence-electron chi connectivity index (χ3n) is 4.32. The second kappa shape index (κ2) is 9.44. The predicted molar refractivity (Wildman–Crippen MR) is 99.0 cm³/mol. The molecule has 1 atom stereocenters. The van der Waals surface area contributed by atoms with E-state index >= 15 is 0 Å². The van der Waals surface area contributed by atoms with Gasteiger partial charge in [0, 0.05) is 12.5 Å². The number of rotatable bonds is 7. The summed E-state index contributed by atoms with van der Waals surface area (Å²) in [7, 11) is 0. The molecule has 0 aliphatic rings. The molecule has 0 saturated carbocycles. The number of nitrogens with one attached hydrogen (secondary N) is 1. The van der Waals surface area contributed by atoms with Crippen LogP contribution in [0.5, 0.6) is 5.75 Å². The molecule has 0 saturated heterocycles. The second-order valence-corrected chi connectivity index (χ2v) is 6.32. The minimum Gasteiger partial charge on any atom is -0.410 e. The molecule has 2 aromatic rings. The number of halogens is 3. The van der Waals surface area contributed by atoms with E-state index in [0.717, 1.165) is 24.5 Å². The summed E-state index contributed by atoms with van der Waals surface area (Å²) < 4.78 is 44.1. The molecule has 0 aromatic heterocycles. The maximum absolute atomic E-state index is 13.0. The highest BCUT2D eigenvalue weighted by atomic mass is 19.4. The van der Waals surface area contributed by atoms with E-state index in [9.17, 15) is 18.0 Å². The van der Waals surface area contributed by atoms with Crippen molar-refractivity contribution in [2.45, 2.75) is 45.2 Å². The van der Waals surface area contributed by atoms with E-state index in [1.807, 2.05) is 13.8 Å². The van der Waals surface area contributed by atoms with Crippen molar-refractivity contribution < 1.29 is 22.7 Å². The van der Waals surface area contributed by atoms with Crippen molar-refractivity contribution in [2.24, 2.45) is 0 Å². The standard InChI is InChI=1S/C21H24F3NO2/c1-3-5-13-25-20(26)27-18-11-9-15(10-12-18)19(4-2)16-7-6-8-17(14-16)21(22,23)24/h6-12,14,19H,3-5,13H2,1-2H3,(H,25,26). The Kier molecular flexibility index (Phi) is 7.28. The molecule has 0 bridgehead atoms. The SMILES string of the molecule is CCCCNC(=O)Oc1ccc(C(CC)c2cccc(C(F)(F)F)c2)cc1. The van der Waals surface area contributed by atoms with Gasteiger partial charge >= 0.3 is 12.3 Å². The fourth-order valence-electron chi connectivity index (χ4n) is 2.87. The van der Waals surface area contributed by atoms with Crippen LogP contribution in [0.4, 0.5) is 18.0 Å². The highest BCUT2D eigenvalue weighted by molar-refractivity contribution is 5.70. The van der Waals surface area contributed by atoms with Crippen molar-refractivity contribution >= 4 is 6.09 Å². The van der Waals surface area contributed by atoms with Crippen LogP contribution in [0.25, 0.3) is 0 Å². The van der Waals surface area contributed by atoms with E-state index in [2.05, 4.69) is 5.32 Å². The quantitative estimate of drug-likeness (QED) is 0.587. The van der Waals surface area contributed by atoms with Gasteiger partial charge < -0.3 is 10.1 Å². The molecule has 0 aliphatic heterocycles. The average molecular weight is 379 g/mol. The zero-order valence-corrected chi connectivity index (χ0v) is 15.5. The number of carbonyl (C=O) groups excluding carboxylic acids is 1. The molecule has 1 N–H and O–H groups in total. The van der Waals surface area contributed by atoms with Crippen LogP contribution in [-0.4, -0.2) is 12.6 Å². The smallest absolute Gasteiger partial charge is 0.410 e. The Hall–Kier alpha value is -2.50. The third kappa shape index (κ3) is 6.01. The summed E-state index contributed by atoms with van der Waals surface area (Å²) in [4.78, 5) is 11.7. The van der Waals surface area contributed by atoms with Crippen LogP contribution < -0.4 is 10.1 Å². The van der Waals surface area contributed by atoms with Gasteiger partial charge in [0.2, 0.25) is 0 Å². The Morgan fingerprint density at radius 1 is 1.07 bits per heavy atom. The summed E-state index contributed by atoms with van der Waals surface area (Å²) in [5, 5.41) is 2.66. The Morgan fingerprint density at radius 2 is 1.78 bits per heavy atom. The lowest BCUT2D eigenvalue weighted by atomic mass is 9.88. The normalized spacial score (nSPS) is 12.5. The van der Waals surface area contributed by atoms with Crippen LogP contribution in [0.15, 0.2) is 48.5 Å². The van der Waals surface area contributed by atoms with Gasteiger partial charge in [-0.1, -0.05) is 50.6 Å². The zero-order valence-electron chi connectivity index (χ0n) is 15.5. The first kappa shape index (κ1) is 20.8.